The molecular formula is C18H22N2O3. The quantitative estimate of drug-likeness (QED) is 0.624. The van der Waals surface area contributed by atoms with Crippen molar-refractivity contribution in [3.63, 3.8) is 0 Å². The van der Waals surface area contributed by atoms with Crippen LogP contribution in [0.4, 0.5) is 0 Å². The van der Waals surface area contributed by atoms with Crippen molar-refractivity contribution in [2.45, 2.75) is 45.8 Å². The van der Waals surface area contributed by atoms with E-state index in [4.69, 9.17) is 9.47 Å². The Balaban J connectivity index is 1.69. The van der Waals surface area contributed by atoms with Gasteiger partial charge in [0, 0.05) is 13.0 Å². The van der Waals surface area contributed by atoms with Crippen LogP contribution in [0.25, 0.3) is 5.69 Å². The molecule has 0 aliphatic heterocycles. The lowest BCUT2D eigenvalue weighted by molar-refractivity contribution is -0.166. The molecule has 5 nitrogen and oxygen atoms in total. The van der Waals surface area contributed by atoms with Crippen molar-refractivity contribution in [3.8, 4) is 11.6 Å². The molecule has 1 aromatic carbocycles. The zero-order valence-corrected chi connectivity index (χ0v) is 13.6. The van der Waals surface area contributed by atoms with Crippen LogP contribution in [-0.2, 0) is 9.53 Å². The first-order chi connectivity index (χ1) is 11.1. The van der Waals surface area contributed by atoms with Gasteiger partial charge in [-0.1, -0.05) is 31.0 Å². The Labute approximate surface area is 136 Å². The number of hydrogen-bond acceptors (Lipinski definition) is 4. The molecule has 1 aromatic heterocycles. The van der Waals surface area contributed by atoms with Gasteiger partial charge in [0.1, 0.15) is 0 Å². The molecule has 1 saturated carbocycles. The van der Waals surface area contributed by atoms with Crippen LogP contribution in [0.15, 0.2) is 36.4 Å². The molecule has 1 aliphatic rings. The first kappa shape index (κ1) is 15.6. The van der Waals surface area contributed by atoms with Crippen molar-refractivity contribution in [3.05, 3.63) is 42.1 Å². The fourth-order valence-electron chi connectivity index (χ4n) is 2.93. The maximum absolute atomic E-state index is 12.1. The van der Waals surface area contributed by atoms with Gasteiger partial charge in [-0.15, -0.1) is 0 Å². The Hall–Kier alpha value is -2.30. The normalized spacial score (nSPS) is 16.3. The van der Waals surface area contributed by atoms with Crippen LogP contribution >= 0.6 is 0 Å². The van der Waals surface area contributed by atoms with Gasteiger partial charge in [-0.2, -0.15) is 5.10 Å². The van der Waals surface area contributed by atoms with Gasteiger partial charge in [0.15, 0.2) is 0 Å². The van der Waals surface area contributed by atoms with Crippen LogP contribution in [-0.4, -0.2) is 22.0 Å². The minimum atomic E-state index is -0.637. The number of nitrogens with zero attached hydrogens (tertiary/aromatic N) is 2. The Morgan fingerprint density at radius 1 is 1.26 bits per heavy atom. The van der Waals surface area contributed by atoms with Gasteiger partial charge in [0.05, 0.1) is 17.3 Å². The third-order valence-corrected chi connectivity index (χ3v) is 4.06. The summed E-state index contributed by atoms with van der Waals surface area (Å²) in [6.07, 6.45) is 3.42. The molecular weight excluding hydrogens is 292 g/mol. The molecule has 1 atom stereocenters. The lowest BCUT2D eigenvalue weighted by Gasteiger charge is -2.18. The lowest BCUT2D eigenvalue weighted by atomic mass is 10.1. The number of carbonyl (C=O) groups excluding carboxylic acids is 1. The number of aryl methyl sites for hydroxylation is 1. The van der Waals surface area contributed by atoms with E-state index in [1.54, 1.807) is 11.6 Å². The van der Waals surface area contributed by atoms with E-state index in [-0.39, 0.29) is 11.9 Å². The number of hydrogen-bond donors (Lipinski definition) is 0. The minimum Gasteiger partial charge on any atom is -0.438 e. The fourth-order valence-corrected chi connectivity index (χ4v) is 2.93. The van der Waals surface area contributed by atoms with Crippen LogP contribution in [0.5, 0.6) is 5.88 Å². The lowest BCUT2D eigenvalue weighted by Crippen LogP contribution is -2.25. The van der Waals surface area contributed by atoms with Gasteiger partial charge < -0.3 is 9.47 Å². The predicted octanol–water partition coefficient (Wildman–Crippen LogP) is 3.64. The zero-order valence-electron chi connectivity index (χ0n) is 13.6. The molecule has 2 aromatic rings. The Kier molecular flexibility index (Phi) is 4.65. The Bertz CT molecular complexity index is 660. The largest absolute Gasteiger partial charge is 0.438 e. The second-order valence-corrected chi connectivity index (χ2v) is 5.98. The monoisotopic (exact) mass is 314 g/mol. The fraction of sp³-hybridized carbons (Fsp3) is 0.444. The highest BCUT2D eigenvalue weighted by Crippen LogP contribution is 2.27. The SMILES string of the molecule is Cc1cc(OC(C)OC(=O)C2CCCC2)n(-c2ccccc2)n1. The van der Waals surface area contributed by atoms with Crippen molar-refractivity contribution in [2.24, 2.45) is 5.92 Å². The molecule has 0 radical (unpaired) electrons. The summed E-state index contributed by atoms with van der Waals surface area (Å²) in [5.74, 6) is 0.444. The van der Waals surface area contributed by atoms with E-state index in [9.17, 15) is 4.79 Å². The summed E-state index contributed by atoms with van der Waals surface area (Å²) in [6.45, 7) is 3.64. The summed E-state index contributed by atoms with van der Waals surface area (Å²) in [5.41, 5.74) is 1.75. The number of rotatable bonds is 5. The van der Waals surface area contributed by atoms with Gasteiger partial charge in [-0.05, 0) is 31.9 Å². The highest BCUT2D eigenvalue weighted by atomic mass is 16.7. The highest BCUT2D eigenvalue weighted by molar-refractivity contribution is 5.72. The summed E-state index contributed by atoms with van der Waals surface area (Å²) in [6, 6.07) is 11.6. The van der Waals surface area contributed by atoms with Crippen molar-refractivity contribution in [1.82, 2.24) is 9.78 Å². The second kappa shape index (κ2) is 6.86. The summed E-state index contributed by atoms with van der Waals surface area (Å²) in [4.78, 5) is 12.1. The summed E-state index contributed by atoms with van der Waals surface area (Å²) in [5, 5.41) is 4.44. The minimum absolute atomic E-state index is 0.0295. The Morgan fingerprint density at radius 3 is 2.65 bits per heavy atom. The second-order valence-electron chi connectivity index (χ2n) is 5.98. The molecule has 23 heavy (non-hydrogen) atoms. The number of carbonyl (C=O) groups is 1. The van der Waals surface area contributed by atoms with E-state index in [0.717, 1.165) is 37.1 Å². The van der Waals surface area contributed by atoms with Crippen molar-refractivity contribution >= 4 is 5.97 Å². The molecule has 1 heterocycles. The Morgan fingerprint density at radius 2 is 1.96 bits per heavy atom. The van der Waals surface area contributed by atoms with Crippen molar-refractivity contribution in [2.75, 3.05) is 0 Å². The molecule has 0 bridgehead atoms. The topological polar surface area (TPSA) is 53.4 Å². The van der Waals surface area contributed by atoms with E-state index in [1.165, 1.54) is 0 Å². The maximum atomic E-state index is 12.1. The molecule has 5 heteroatoms. The van der Waals surface area contributed by atoms with Gasteiger partial charge in [0.2, 0.25) is 12.2 Å². The van der Waals surface area contributed by atoms with Gasteiger partial charge in [-0.25, -0.2) is 4.68 Å². The van der Waals surface area contributed by atoms with E-state index < -0.39 is 6.29 Å². The number of aromatic nitrogens is 2. The summed E-state index contributed by atoms with van der Waals surface area (Å²) < 4.78 is 13.0. The molecule has 3 rings (SSSR count). The van der Waals surface area contributed by atoms with Crippen LogP contribution in [0.2, 0.25) is 0 Å². The van der Waals surface area contributed by atoms with Crippen LogP contribution in [0.1, 0.15) is 38.3 Å². The van der Waals surface area contributed by atoms with Crippen LogP contribution in [0, 0.1) is 12.8 Å². The average Bonchev–Trinajstić information content (AvgIpc) is 3.18. The van der Waals surface area contributed by atoms with Crippen LogP contribution < -0.4 is 4.74 Å². The standard InChI is InChI=1S/C18H22N2O3/c1-13-12-17(20(19-13)16-10-4-3-5-11-16)22-14(2)23-18(21)15-8-6-7-9-15/h3-5,10-12,14-15H,6-9H2,1-2H3. The van der Waals surface area contributed by atoms with Crippen molar-refractivity contribution < 1.29 is 14.3 Å². The molecule has 0 saturated heterocycles. The van der Waals surface area contributed by atoms with E-state index >= 15 is 0 Å². The van der Waals surface area contributed by atoms with Gasteiger partial charge >= 0.3 is 5.97 Å². The van der Waals surface area contributed by atoms with Crippen LogP contribution in [0.3, 0.4) is 0 Å². The van der Waals surface area contributed by atoms with E-state index in [1.807, 2.05) is 43.3 Å². The molecule has 0 amide bonds. The van der Waals surface area contributed by atoms with E-state index in [0.29, 0.717) is 5.88 Å². The number of benzene rings is 1. The van der Waals surface area contributed by atoms with E-state index in [2.05, 4.69) is 5.10 Å². The third kappa shape index (κ3) is 3.73. The van der Waals surface area contributed by atoms with Gasteiger partial charge in [0.25, 0.3) is 0 Å². The average molecular weight is 314 g/mol. The molecule has 1 unspecified atom stereocenters. The maximum Gasteiger partial charge on any atom is 0.311 e. The molecule has 1 fully saturated rings. The predicted molar refractivity (Wildman–Crippen MR) is 86.4 cm³/mol. The third-order valence-electron chi connectivity index (χ3n) is 4.06. The van der Waals surface area contributed by atoms with Crippen molar-refractivity contribution in [1.29, 1.82) is 0 Å². The molecule has 1 aliphatic carbocycles. The van der Waals surface area contributed by atoms with Gasteiger partial charge in [-0.3, -0.25) is 4.79 Å². The summed E-state index contributed by atoms with van der Waals surface area (Å²) in [7, 11) is 0. The zero-order chi connectivity index (χ0) is 16.2. The first-order valence-corrected chi connectivity index (χ1v) is 8.13. The number of para-hydroxylation sites is 1. The number of ether oxygens (including phenoxy) is 2. The highest BCUT2D eigenvalue weighted by Gasteiger charge is 2.26. The first-order valence-electron chi connectivity index (χ1n) is 8.13. The number of esters is 1. The molecule has 0 N–H and O–H groups in total. The molecule has 0 spiro atoms. The smallest absolute Gasteiger partial charge is 0.311 e. The molecule has 122 valence electrons. The summed E-state index contributed by atoms with van der Waals surface area (Å²) >= 11 is 0.